The Morgan fingerprint density at radius 1 is 1.36 bits per heavy atom. The lowest BCUT2D eigenvalue weighted by Crippen LogP contribution is -2.45. The van der Waals surface area contributed by atoms with Gasteiger partial charge in [0.1, 0.15) is 12.0 Å². The number of rotatable bonds is 5. The number of halogens is 2. The Labute approximate surface area is 193 Å². The summed E-state index contributed by atoms with van der Waals surface area (Å²) < 4.78 is 31.4. The van der Waals surface area contributed by atoms with Crippen LogP contribution in [0.25, 0.3) is 11.3 Å². The molecule has 0 aromatic carbocycles. The van der Waals surface area contributed by atoms with E-state index in [1.54, 1.807) is 22.9 Å². The molecule has 2 N–H and O–H groups in total. The number of nitrogens with one attached hydrogen (secondary N) is 2. The van der Waals surface area contributed by atoms with E-state index in [0.717, 1.165) is 42.8 Å². The fraction of sp³-hybridized carbons (Fsp3) is 0.417. The molecule has 6 nitrogen and oxygen atoms in total. The first-order chi connectivity index (χ1) is 15.8. The third-order valence-electron chi connectivity index (χ3n) is 6.45. The van der Waals surface area contributed by atoms with Crippen LogP contribution >= 0.6 is 0 Å². The van der Waals surface area contributed by atoms with Crippen LogP contribution in [0.1, 0.15) is 38.4 Å². The number of fused-ring (bicyclic) bond motifs is 1. The van der Waals surface area contributed by atoms with E-state index < -0.39 is 12.0 Å². The molecule has 2 aromatic rings. The van der Waals surface area contributed by atoms with Gasteiger partial charge in [-0.05, 0) is 45.1 Å². The van der Waals surface area contributed by atoms with Crippen molar-refractivity contribution in [3.8, 4) is 5.97 Å². The zero-order chi connectivity index (χ0) is 23.7. The molecule has 2 aromatic heterocycles. The van der Waals surface area contributed by atoms with E-state index in [-0.39, 0.29) is 24.0 Å². The maximum absolute atomic E-state index is 15.2. The molecule has 33 heavy (non-hydrogen) atoms. The number of aryl methyl sites for hydroxylation is 1. The number of hydrogen-bond acceptors (Lipinski definition) is 5. The number of allylic oxidation sites excluding steroid dienone is 2. The first-order valence-corrected chi connectivity index (χ1v) is 11.4. The van der Waals surface area contributed by atoms with Crippen molar-refractivity contribution in [2.75, 3.05) is 13.1 Å². The maximum Gasteiger partial charge on any atom is 0.274 e. The van der Waals surface area contributed by atoms with Gasteiger partial charge in [0.05, 0.1) is 11.4 Å². The van der Waals surface area contributed by atoms with Gasteiger partial charge in [-0.3, -0.25) is 0 Å². The molecule has 4 heterocycles. The summed E-state index contributed by atoms with van der Waals surface area (Å²) in [6.45, 7) is 9.24. The number of nitriles is 1. The van der Waals surface area contributed by atoms with Crippen molar-refractivity contribution in [2.24, 2.45) is 0 Å². The Morgan fingerprint density at radius 3 is 2.82 bits per heavy atom. The Kier molecular flexibility index (Phi) is 6.45. The Hall–Kier alpha value is -3.28. The summed E-state index contributed by atoms with van der Waals surface area (Å²) in [5.41, 5.74) is 3.94. The van der Waals surface area contributed by atoms with Crippen LogP contribution in [0.2, 0.25) is 12.1 Å². The fourth-order valence-corrected chi connectivity index (χ4v) is 4.63. The van der Waals surface area contributed by atoms with Gasteiger partial charge >= 0.3 is 0 Å². The first kappa shape index (κ1) is 22.9. The van der Waals surface area contributed by atoms with Crippen molar-refractivity contribution >= 4 is 18.1 Å². The van der Waals surface area contributed by atoms with Gasteiger partial charge in [0.25, 0.3) is 6.71 Å². The molecule has 0 aliphatic carbocycles. The van der Waals surface area contributed by atoms with Crippen LogP contribution in [-0.2, 0) is 0 Å². The van der Waals surface area contributed by atoms with Gasteiger partial charge < -0.3 is 19.9 Å². The molecule has 2 aliphatic heterocycles. The molecule has 0 amide bonds. The van der Waals surface area contributed by atoms with E-state index in [1.807, 2.05) is 27.0 Å². The quantitative estimate of drug-likeness (QED) is 0.661. The van der Waals surface area contributed by atoms with Crippen molar-refractivity contribution in [3.63, 3.8) is 0 Å². The smallest absolute Gasteiger partial charge is 0.274 e. The van der Waals surface area contributed by atoms with Crippen LogP contribution < -0.4 is 10.6 Å². The van der Waals surface area contributed by atoms with Crippen LogP contribution in [0.5, 0.6) is 0 Å². The number of nitrogens with zero attached hydrogens (tertiary/aromatic N) is 4. The molecule has 9 heteroatoms. The van der Waals surface area contributed by atoms with Gasteiger partial charge in [0.15, 0.2) is 11.5 Å². The molecule has 2 unspecified atom stereocenters. The van der Waals surface area contributed by atoms with Crippen LogP contribution in [0, 0.1) is 24.0 Å². The predicted octanol–water partition coefficient (Wildman–Crippen LogP) is 4.40. The first-order valence-electron chi connectivity index (χ1n) is 11.4. The van der Waals surface area contributed by atoms with E-state index in [0.29, 0.717) is 11.3 Å². The standard InChI is InChI=1S/C24H29BF2N6/c1-5-18-13-32(7-6-25(18)14-28)19-9-20(26)23(29-10-19)31-22(15(2)3)17-8-21(27)24-30-16(4)11-33(24)12-17/h8-12,18,23,29,31H,5-7,13H2,1-4H3. The van der Waals surface area contributed by atoms with Crippen molar-refractivity contribution in [3.05, 3.63) is 64.9 Å². The molecule has 2 atom stereocenters. The third kappa shape index (κ3) is 4.61. The summed E-state index contributed by atoms with van der Waals surface area (Å²) in [5, 5.41) is 15.7. The fourth-order valence-electron chi connectivity index (χ4n) is 4.63. The van der Waals surface area contributed by atoms with Crippen LogP contribution in [0.4, 0.5) is 8.78 Å². The van der Waals surface area contributed by atoms with E-state index in [1.165, 1.54) is 6.07 Å². The van der Waals surface area contributed by atoms with Gasteiger partial charge in [-0.15, -0.1) is 0 Å². The summed E-state index contributed by atoms with van der Waals surface area (Å²) in [6.07, 6.45) is 7.85. The van der Waals surface area contributed by atoms with Crippen LogP contribution in [-0.4, -0.2) is 40.3 Å². The van der Waals surface area contributed by atoms with Crippen molar-refractivity contribution in [1.82, 2.24) is 24.9 Å². The molecule has 0 spiro atoms. The lowest BCUT2D eigenvalue weighted by atomic mass is 9.38. The second-order valence-electron chi connectivity index (χ2n) is 9.05. The number of hydrogen-bond donors (Lipinski definition) is 2. The minimum absolute atomic E-state index is 0.0592. The maximum atomic E-state index is 15.2. The minimum Gasteiger partial charge on any atom is -0.371 e. The highest BCUT2D eigenvalue weighted by atomic mass is 19.1. The number of dihydropyridines is 1. The molecule has 0 radical (unpaired) electrons. The molecule has 0 bridgehead atoms. The van der Waals surface area contributed by atoms with Crippen LogP contribution in [0.15, 0.2) is 47.8 Å². The van der Waals surface area contributed by atoms with Gasteiger partial charge in [-0.1, -0.05) is 18.9 Å². The monoisotopic (exact) mass is 450 g/mol. The summed E-state index contributed by atoms with van der Waals surface area (Å²) >= 11 is 0. The summed E-state index contributed by atoms with van der Waals surface area (Å²) in [4.78, 5) is 6.34. The molecular formula is C24H29BF2N6. The highest BCUT2D eigenvalue weighted by Gasteiger charge is 2.33. The van der Waals surface area contributed by atoms with E-state index in [2.05, 4.69) is 33.4 Å². The van der Waals surface area contributed by atoms with E-state index in [4.69, 9.17) is 0 Å². The topological polar surface area (TPSA) is 68.4 Å². The molecular weight excluding hydrogens is 421 g/mol. The highest BCUT2D eigenvalue weighted by molar-refractivity contribution is 6.68. The average Bonchev–Trinajstić information content (AvgIpc) is 3.18. The normalized spacial score (nSPS) is 20.6. The lowest BCUT2D eigenvalue weighted by molar-refractivity contribution is 0.333. The Morgan fingerprint density at radius 2 is 2.15 bits per heavy atom. The zero-order valence-corrected chi connectivity index (χ0v) is 19.5. The van der Waals surface area contributed by atoms with E-state index in [9.17, 15) is 9.65 Å². The van der Waals surface area contributed by atoms with Crippen LogP contribution in [0.3, 0.4) is 0 Å². The Balaban J connectivity index is 1.52. The summed E-state index contributed by atoms with van der Waals surface area (Å²) in [6, 6.07) is 1.42. The second kappa shape index (κ2) is 9.30. The average molecular weight is 450 g/mol. The molecule has 1 fully saturated rings. The minimum atomic E-state index is -0.763. The number of aromatic nitrogens is 2. The van der Waals surface area contributed by atoms with Gasteiger partial charge in [0.2, 0.25) is 0 Å². The lowest BCUT2D eigenvalue weighted by Gasteiger charge is -2.37. The van der Waals surface area contributed by atoms with Gasteiger partial charge in [-0.2, -0.15) is 0 Å². The largest absolute Gasteiger partial charge is 0.371 e. The highest BCUT2D eigenvalue weighted by Crippen LogP contribution is 2.29. The number of imidazole rings is 1. The molecule has 0 saturated carbocycles. The van der Waals surface area contributed by atoms with Crippen molar-refractivity contribution in [1.29, 1.82) is 5.26 Å². The van der Waals surface area contributed by atoms with E-state index >= 15 is 4.39 Å². The SMILES string of the molecule is CCC1CN(C2=CNC(NC(=C(C)C)c3cc(F)c4nc(C)cn4c3)C(F)=C2)CCB1C#N. The number of pyridine rings is 1. The predicted molar refractivity (Wildman–Crippen MR) is 127 cm³/mol. The molecule has 1 saturated heterocycles. The molecule has 4 rings (SSSR count). The second-order valence-corrected chi connectivity index (χ2v) is 9.05. The Bertz CT molecular complexity index is 1190. The van der Waals surface area contributed by atoms with Crippen molar-refractivity contribution in [2.45, 2.75) is 52.4 Å². The molecule has 2 aliphatic rings. The summed E-state index contributed by atoms with van der Waals surface area (Å²) in [5.74, 6) is 1.92. The molecule has 172 valence electrons. The third-order valence-corrected chi connectivity index (χ3v) is 6.45. The van der Waals surface area contributed by atoms with Crippen molar-refractivity contribution < 1.29 is 8.78 Å². The van der Waals surface area contributed by atoms with Gasteiger partial charge in [0, 0.05) is 48.9 Å². The zero-order valence-electron chi connectivity index (χ0n) is 19.5. The van der Waals surface area contributed by atoms with Gasteiger partial charge in [-0.25, -0.2) is 19.0 Å². The summed E-state index contributed by atoms with van der Waals surface area (Å²) in [7, 11) is 0.